The molecule has 118 valence electrons. The zero-order valence-electron chi connectivity index (χ0n) is 12.0. The number of carbonyl (C=O) groups excluding carboxylic acids is 1. The van der Waals surface area contributed by atoms with Gasteiger partial charge in [-0.1, -0.05) is 23.2 Å². The van der Waals surface area contributed by atoms with Gasteiger partial charge in [0.1, 0.15) is 5.71 Å². The van der Waals surface area contributed by atoms with Crippen LogP contribution in [0.1, 0.15) is 20.3 Å². The standard InChI is InChI=1S/C14H14Cl2N2O4/c1-3-22-12(19)10-7-14(2,13(20)21)18(17-10)11-6-8(15)4-5-9(11)16/h4-6H,3,7H2,1-2H3,(H,20,21)/t14-/m1/s1. The van der Waals surface area contributed by atoms with E-state index in [9.17, 15) is 14.7 Å². The van der Waals surface area contributed by atoms with Crippen molar-refractivity contribution in [3.05, 3.63) is 28.2 Å². The molecule has 1 aromatic carbocycles. The van der Waals surface area contributed by atoms with Crippen molar-refractivity contribution in [2.45, 2.75) is 25.8 Å². The fourth-order valence-electron chi connectivity index (χ4n) is 2.13. The van der Waals surface area contributed by atoms with Crippen LogP contribution in [0, 0.1) is 0 Å². The number of anilines is 1. The van der Waals surface area contributed by atoms with E-state index in [0.717, 1.165) is 0 Å². The molecule has 8 heteroatoms. The molecule has 1 atom stereocenters. The molecule has 0 spiro atoms. The van der Waals surface area contributed by atoms with E-state index >= 15 is 0 Å². The first-order valence-corrected chi connectivity index (χ1v) is 7.28. The van der Waals surface area contributed by atoms with Gasteiger partial charge in [0.2, 0.25) is 0 Å². The zero-order chi connectivity index (χ0) is 16.5. The van der Waals surface area contributed by atoms with Gasteiger partial charge in [0, 0.05) is 11.4 Å². The van der Waals surface area contributed by atoms with Crippen LogP contribution in [0.25, 0.3) is 0 Å². The fraction of sp³-hybridized carbons (Fsp3) is 0.357. The number of nitrogens with zero attached hydrogens (tertiary/aromatic N) is 2. The minimum atomic E-state index is -1.45. The number of carbonyl (C=O) groups is 2. The molecule has 0 fully saturated rings. The lowest BCUT2D eigenvalue weighted by molar-refractivity contribution is -0.142. The summed E-state index contributed by atoms with van der Waals surface area (Å²) < 4.78 is 4.89. The number of halogens is 2. The minimum absolute atomic E-state index is 0.0304. The second-order valence-electron chi connectivity index (χ2n) is 4.93. The predicted octanol–water partition coefficient (Wildman–Crippen LogP) is 2.97. The Hall–Kier alpha value is -1.79. The van der Waals surface area contributed by atoms with Gasteiger partial charge in [-0.15, -0.1) is 0 Å². The molecule has 1 N–H and O–H groups in total. The summed E-state index contributed by atoms with van der Waals surface area (Å²) in [4.78, 5) is 23.5. The monoisotopic (exact) mass is 344 g/mol. The molecule has 0 aliphatic carbocycles. The van der Waals surface area contributed by atoms with Crippen molar-refractivity contribution in [2.75, 3.05) is 11.6 Å². The van der Waals surface area contributed by atoms with E-state index in [4.69, 9.17) is 27.9 Å². The normalized spacial score (nSPS) is 20.7. The van der Waals surface area contributed by atoms with Crippen molar-refractivity contribution >= 4 is 46.5 Å². The average molecular weight is 345 g/mol. The van der Waals surface area contributed by atoms with Gasteiger partial charge in [-0.05, 0) is 32.0 Å². The average Bonchev–Trinajstić information content (AvgIpc) is 2.81. The van der Waals surface area contributed by atoms with E-state index in [0.29, 0.717) is 10.7 Å². The number of hydrazone groups is 1. The van der Waals surface area contributed by atoms with Crippen LogP contribution in [0.15, 0.2) is 23.3 Å². The quantitative estimate of drug-likeness (QED) is 0.849. The number of aliphatic carboxylic acids is 1. The van der Waals surface area contributed by atoms with Gasteiger partial charge in [0.25, 0.3) is 0 Å². The van der Waals surface area contributed by atoms with Gasteiger partial charge in [-0.3, -0.25) is 0 Å². The topological polar surface area (TPSA) is 79.2 Å². The number of hydrogen-bond acceptors (Lipinski definition) is 5. The lowest BCUT2D eigenvalue weighted by Gasteiger charge is -2.30. The highest BCUT2D eigenvalue weighted by Gasteiger charge is 2.48. The third kappa shape index (κ3) is 2.89. The summed E-state index contributed by atoms with van der Waals surface area (Å²) >= 11 is 12.1. The Morgan fingerprint density at radius 2 is 2.14 bits per heavy atom. The summed E-state index contributed by atoms with van der Waals surface area (Å²) in [6.45, 7) is 3.30. The molecule has 2 rings (SSSR count). The molecule has 1 aliphatic rings. The number of esters is 1. The molecule has 0 radical (unpaired) electrons. The third-order valence-electron chi connectivity index (χ3n) is 3.31. The van der Waals surface area contributed by atoms with Crippen molar-refractivity contribution in [3.8, 4) is 0 Å². The van der Waals surface area contributed by atoms with Crippen LogP contribution < -0.4 is 5.01 Å². The Morgan fingerprint density at radius 3 is 2.73 bits per heavy atom. The van der Waals surface area contributed by atoms with Crippen molar-refractivity contribution in [2.24, 2.45) is 5.10 Å². The van der Waals surface area contributed by atoms with Crippen LogP contribution in [-0.2, 0) is 14.3 Å². The van der Waals surface area contributed by atoms with E-state index in [1.165, 1.54) is 18.0 Å². The maximum absolute atomic E-state index is 11.9. The third-order valence-corrected chi connectivity index (χ3v) is 3.86. The van der Waals surface area contributed by atoms with Gasteiger partial charge < -0.3 is 9.84 Å². The molecular weight excluding hydrogens is 331 g/mol. The van der Waals surface area contributed by atoms with Crippen molar-refractivity contribution < 1.29 is 19.4 Å². The number of hydrogen-bond donors (Lipinski definition) is 1. The first-order valence-electron chi connectivity index (χ1n) is 6.53. The molecule has 1 heterocycles. The van der Waals surface area contributed by atoms with Crippen molar-refractivity contribution in [3.63, 3.8) is 0 Å². The summed E-state index contributed by atoms with van der Waals surface area (Å²) in [7, 11) is 0. The highest BCUT2D eigenvalue weighted by Crippen LogP contribution is 2.38. The Morgan fingerprint density at radius 1 is 1.45 bits per heavy atom. The first kappa shape index (κ1) is 16.6. The lowest BCUT2D eigenvalue weighted by Crippen LogP contribution is -2.47. The molecule has 1 aromatic rings. The molecule has 0 bridgehead atoms. The largest absolute Gasteiger partial charge is 0.479 e. The molecule has 0 saturated carbocycles. The maximum Gasteiger partial charge on any atom is 0.354 e. The molecule has 0 saturated heterocycles. The molecule has 0 unspecified atom stereocenters. The summed E-state index contributed by atoms with van der Waals surface area (Å²) in [5, 5.41) is 15.5. The van der Waals surface area contributed by atoms with Crippen LogP contribution in [0.2, 0.25) is 10.0 Å². The predicted molar refractivity (Wildman–Crippen MR) is 83.7 cm³/mol. The van der Waals surface area contributed by atoms with Gasteiger partial charge in [0.15, 0.2) is 5.54 Å². The Kier molecular flexibility index (Phi) is 4.63. The second-order valence-corrected chi connectivity index (χ2v) is 5.77. The smallest absolute Gasteiger partial charge is 0.354 e. The summed E-state index contributed by atoms with van der Waals surface area (Å²) in [5.74, 6) is -1.78. The molecule has 1 aliphatic heterocycles. The molecule has 0 aromatic heterocycles. The van der Waals surface area contributed by atoms with Crippen molar-refractivity contribution in [1.82, 2.24) is 0 Å². The fourth-order valence-corrected chi connectivity index (χ4v) is 2.49. The number of rotatable bonds is 4. The Bertz CT molecular complexity index is 662. The lowest BCUT2D eigenvalue weighted by atomic mass is 9.95. The first-order chi connectivity index (χ1) is 10.3. The number of ether oxygens (including phenoxy) is 1. The minimum Gasteiger partial charge on any atom is -0.479 e. The van der Waals surface area contributed by atoms with Crippen LogP contribution in [-0.4, -0.2) is 34.9 Å². The van der Waals surface area contributed by atoms with Crippen LogP contribution >= 0.6 is 23.2 Å². The maximum atomic E-state index is 11.9. The summed E-state index contributed by atoms with van der Waals surface area (Å²) in [6, 6.07) is 4.62. The second kappa shape index (κ2) is 6.14. The Balaban J connectivity index is 2.50. The van der Waals surface area contributed by atoms with Crippen molar-refractivity contribution in [1.29, 1.82) is 0 Å². The van der Waals surface area contributed by atoms with Gasteiger partial charge >= 0.3 is 11.9 Å². The molecule has 22 heavy (non-hydrogen) atoms. The van der Waals surface area contributed by atoms with E-state index in [-0.39, 0.29) is 23.8 Å². The summed E-state index contributed by atoms with van der Waals surface area (Å²) in [6.07, 6.45) is -0.0932. The SMILES string of the molecule is CCOC(=O)C1=NN(c2cc(Cl)ccc2Cl)[C@@](C)(C(=O)O)C1. The molecule has 6 nitrogen and oxygen atoms in total. The summed E-state index contributed by atoms with van der Waals surface area (Å²) in [5.41, 5.74) is -1.10. The highest BCUT2D eigenvalue weighted by atomic mass is 35.5. The van der Waals surface area contributed by atoms with Gasteiger partial charge in [0.05, 0.1) is 17.3 Å². The molecular formula is C14H14Cl2N2O4. The van der Waals surface area contributed by atoms with Crippen LogP contribution in [0.4, 0.5) is 5.69 Å². The molecule has 0 amide bonds. The van der Waals surface area contributed by atoms with E-state index in [2.05, 4.69) is 5.10 Å². The van der Waals surface area contributed by atoms with E-state index in [1.807, 2.05) is 0 Å². The zero-order valence-corrected chi connectivity index (χ0v) is 13.5. The Labute approximate surface area is 137 Å². The van der Waals surface area contributed by atoms with E-state index < -0.39 is 17.5 Å². The van der Waals surface area contributed by atoms with Crippen LogP contribution in [0.3, 0.4) is 0 Å². The highest BCUT2D eigenvalue weighted by molar-refractivity contribution is 6.39. The number of carboxylic acid groups (broad SMARTS) is 1. The van der Waals surface area contributed by atoms with Crippen LogP contribution in [0.5, 0.6) is 0 Å². The van der Waals surface area contributed by atoms with Gasteiger partial charge in [-0.25, -0.2) is 14.6 Å². The van der Waals surface area contributed by atoms with E-state index in [1.54, 1.807) is 19.1 Å². The number of benzene rings is 1. The van der Waals surface area contributed by atoms with Gasteiger partial charge in [-0.2, -0.15) is 5.10 Å². The number of carboxylic acids is 1.